The Balaban J connectivity index is 1.92. The first kappa shape index (κ1) is 13.5. The Kier molecular flexibility index (Phi) is 3.19. The van der Waals surface area contributed by atoms with Crippen LogP contribution in [0.1, 0.15) is 24.4 Å². The van der Waals surface area contributed by atoms with Crippen molar-refractivity contribution < 1.29 is 14.6 Å². The maximum absolute atomic E-state index is 10.6. The van der Waals surface area contributed by atoms with Crippen molar-refractivity contribution in [3.05, 3.63) is 48.0 Å². The van der Waals surface area contributed by atoms with Gasteiger partial charge in [0.1, 0.15) is 11.5 Å². The molecule has 0 spiro atoms. The van der Waals surface area contributed by atoms with Crippen LogP contribution in [0.25, 0.3) is 0 Å². The summed E-state index contributed by atoms with van der Waals surface area (Å²) in [5.74, 6) is 2.35. The monoisotopic (exact) mass is 297 g/mol. The molecule has 114 valence electrons. The topological polar surface area (TPSA) is 41.9 Å². The van der Waals surface area contributed by atoms with E-state index >= 15 is 0 Å². The number of piperidine rings is 1. The number of aliphatic hydroxyl groups is 1. The molecule has 1 saturated heterocycles. The van der Waals surface area contributed by atoms with Gasteiger partial charge in [0.2, 0.25) is 0 Å². The molecule has 1 fully saturated rings. The van der Waals surface area contributed by atoms with E-state index in [-0.39, 0.29) is 6.04 Å². The van der Waals surface area contributed by atoms with Crippen LogP contribution in [0.4, 0.5) is 5.69 Å². The first-order valence-corrected chi connectivity index (χ1v) is 7.67. The highest BCUT2D eigenvalue weighted by atomic mass is 16.5. The number of methoxy groups -OCH3 is 1. The second kappa shape index (κ2) is 5.21. The van der Waals surface area contributed by atoms with E-state index in [4.69, 9.17) is 9.47 Å². The zero-order valence-electron chi connectivity index (χ0n) is 12.5. The molecular formula is C18H19NO3. The van der Waals surface area contributed by atoms with E-state index in [9.17, 15) is 5.11 Å². The largest absolute Gasteiger partial charge is 0.497 e. The summed E-state index contributed by atoms with van der Waals surface area (Å²) in [7, 11) is 1.65. The molecule has 2 aromatic rings. The summed E-state index contributed by atoms with van der Waals surface area (Å²) in [6.45, 7) is 0.924. The van der Waals surface area contributed by atoms with Gasteiger partial charge >= 0.3 is 0 Å². The summed E-state index contributed by atoms with van der Waals surface area (Å²) in [6, 6.07) is 13.8. The number of hydrogen-bond acceptors (Lipinski definition) is 4. The van der Waals surface area contributed by atoms with Crippen LogP contribution in [0.15, 0.2) is 42.5 Å². The highest BCUT2D eigenvalue weighted by Crippen LogP contribution is 2.48. The molecule has 2 heterocycles. The van der Waals surface area contributed by atoms with Crippen molar-refractivity contribution in [2.45, 2.75) is 25.0 Å². The molecule has 0 unspecified atom stereocenters. The molecule has 2 aromatic carbocycles. The van der Waals surface area contributed by atoms with Gasteiger partial charge in [-0.3, -0.25) is 0 Å². The van der Waals surface area contributed by atoms with Crippen molar-refractivity contribution in [3.8, 4) is 17.2 Å². The van der Waals surface area contributed by atoms with Crippen molar-refractivity contribution >= 4 is 5.69 Å². The number of fused-ring (bicyclic) bond motifs is 5. The standard InChI is InChI=1S/C18H19NO3/c1-21-12-8-9-13-17(11-12)22-16-7-3-2-5-14(16)19-10-4-6-15(20)18(13)19/h2-3,5,7-9,11,15,18,20H,4,6,10H2,1H3/t15-,18-/m0/s1. The van der Waals surface area contributed by atoms with Gasteiger partial charge < -0.3 is 19.5 Å². The van der Waals surface area contributed by atoms with Crippen LogP contribution in [0.5, 0.6) is 17.2 Å². The number of nitrogens with zero attached hydrogens (tertiary/aromatic N) is 1. The Morgan fingerprint density at radius 3 is 2.91 bits per heavy atom. The Bertz CT molecular complexity index is 700. The zero-order valence-corrected chi connectivity index (χ0v) is 12.5. The number of hydrogen-bond donors (Lipinski definition) is 1. The zero-order chi connectivity index (χ0) is 15.1. The normalized spacial score (nSPS) is 22.7. The third kappa shape index (κ3) is 2.03. The number of ether oxygens (including phenoxy) is 2. The molecule has 4 rings (SSSR count). The average molecular weight is 297 g/mol. The van der Waals surface area contributed by atoms with Crippen LogP contribution in [-0.2, 0) is 0 Å². The fourth-order valence-corrected chi connectivity index (χ4v) is 3.49. The van der Waals surface area contributed by atoms with Gasteiger partial charge in [0.05, 0.1) is 24.9 Å². The third-order valence-corrected chi connectivity index (χ3v) is 4.53. The molecule has 0 radical (unpaired) electrons. The van der Waals surface area contributed by atoms with Gasteiger partial charge in [-0.1, -0.05) is 12.1 Å². The SMILES string of the molecule is COc1ccc2c(c1)Oc1ccccc1N1CCC[C@H](O)[C@H]21. The Morgan fingerprint density at radius 2 is 2.05 bits per heavy atom. The summed E-state index contributed by atoms with van der Waals surface area (Å²) >= 11 is 0. The van der Waals surface area contributed by atoms with Crippen LogP contribution in [-0.4, -0.2) is 24.9 Å². The average Bonchev–Trinajstić information content (AvgIpc) is 2.69. The second-order valence-electron chi connectivity index (χ2n) is 5.82. The molecule has 2 aliphatic rings. The first-order valence-electron chi connectivity index (χ1n) is 7.67. The van der Waals surface area contributed by atoms with Gasteiger partial charge in [-0.05, 0) is 37.1 Å². The highest BCUT2D eigenvalue weighted by Gasteiger charge is 2.37. The van der Waals surface area contributed by atoms with Crippen LogP contribution in [0.2, 0.25) is 0 Å². The van der Waals surface area contributed by atoms with E-state index in [1.807, 2.05) is 36.4 Å². The van der Waals surface area contributed by atoms with E-state index < -0.39 is 6.10 Å². The molecular weight excluding hydrogens is 278 g/mol. The molecule has 2 atom stereocenters. The lowest BCUT2D eigenvalue weighted by Gasteiger charge is -2.39. The van der Waals surface area contributed by atoms with Crippen molar-refractivity contribution in [2.24, 2.45) is 0 Å². The number of aliphatic hydroxyl groups excluding tert-OH is 1. The van der Waals surface area contributed by atoms with E-state index in [1.165, 1.54) is 0 Å². The van der Waals surface area contributed by atoms with Gasteiger partial charge in [-0.2, -0.15) is 0 Å². The van der Waals surface area contributed by atoms with Gasteiger partial charge in [0.25, 0.3) is 0 Å². The minimum absolute atomic E-state index is 0.0710. The number of benzene rings is 2. The minimum atomic E-state index is -0.393. The lowest BCUT2D eigenvalue weighted by atomic mass is 9.91. The van der Waals surface area contributed by atoms with Crippen LogP contribution >= 0.6 is 0 Å². The van der Waals surface area contributed by atoms with Crippen LogP contribution in [0, 0.1) is 0 Å². The smallest absolute Gasteiger partial charge is 0.150 e. The van der Waals surface area contributed by atoms with Crippen molar-refractivity contribution in [3.63, 3.8) is 0 Å². The maximum Gasteiger partial charge on any atom is 0.150 e. The highest BCUT2D eigenvalue weighted by molar-refractivity contribution is 5.65. The molecule has 2 aliphatic heterocycles. The van der Waals surface area contributed by atoms with E-state index in [2.05, 4.69) is 11.0 Å². The summed E-state index contributed by atoms with van der Waals surface area (Å²) in [4.78, 5) is 2.27. The third-order valence-electron chi connectivity index (χ3n) is 4.53. The van der Waals surface area contributed by atoms with Gasteiger partial charge in [-0.25, -0.2) is 0 Å². The lowest BCUT2D eigenvalue weighted by Crippen LogP contribution is -2.41. The molecule has 4 nitrogen and oxygen atoms in total. The Labute approximate surface area is 129 Å². The lowest BCUT2D eigenvalue weighted by molar-refractivity contribution is 0.113. The Morgan fingerprint density at radius 1 is 1.18 bits per heavy atom. The molecule has 0 saturated carbocycles. The molecule has 0 bridgehead atoms. The van der Waals surface area contributed by atoms with Gasteiger partial charge in [-0.15, -0.1) is 0 Å². The van der Waals surface area contributed by atoms with E-state index in [1.54, 1.807) is 7.11 Å². The number of anilines is 1. The first-order chi connectivity index (χ1) is 10.8. The fourth-order valence-electron chi connectivity index (χ4n) is 3.49. The number of para-hydroxylation sites is 2. The second-order valence-corrected chi connectivity index (χ2v) is 5.82. The van der Waals surface area contributed by atoms with E-state index in [0.717, 1.165) is 47.9 Å². The summed E-state index contributed by atoms with van der Waals surface area (Å²) in [5.41, 5.74) is 2.06. The molecule has 0 amide bonds. The predicted molar refractivity (Wildman–Crippen MR) is 84.8 cm³/mol. The van der Waals surface area contributed by atoms with Crippen molar-refractivity contribution in [1.29, 1.82) is 0 Å². The fraction of sp³-hybridized carbons (Fsp3) is 0.333. The van der Waals surface area contributed by atoms with Gasteiger partial charge in [0.15, 0.2) is 5.75 Å². The van der Waals surface area contributed by atoms with E-state index in [0.29, 0.717) is 0 Å². The maximum atomic E-state index is 10.6. The predicted octanol–water partition coefficient (Wildman–Crippen LogP) is 3.50. The Hall–Kier alpha value is -2.20. The quantitative estimate of drug-likeness (QED) is 0.874. The van der Waals surface area contributed by atoms with Crippen molar-refractivity contribution in [2.75, 3.05) is 18.6 Å². The number of rotatable bonds is 1. The van der Waals surface area contributed by atoms with Crippen molar-refractivity contribution in [1.82, 2.24) is 0 Å². The molecule has 22 heavy (non-hydrogen) atoms. The minimum Gasteiger partial charge on any atom is -0.497 e. The van der Waals surface area contributed by atoms with Crippen LogP contribution in [0.3, 0.4) is 0 Å². The van der Waals surface area contributed by atoms with Gasteiger partial charge in [0, 0.05) is 18.2 Å². The molecule has 4 heteroatoms. The summed E-state index contributed by atoms with van der Waals surface area (Å²) in [6.07, 6.45) is 1.40. The molecule has 0 aromatic heterocycles. The molecule has 0 aliphatic carbocycles. The van der Waals surface area contributed by atoms with Crippen LogP contribution < -0.4 is 14.4 Å². The summed E-state index contributed by atoms with van der Waals surface area (Å²) < 4.78 is 11.5. The molecule has 1 N–H and O–H groups in total. The summed E-state index contributed by atoms with van der Waals surface area (Å²) in [5, 5.41) is 10.6.